The Morgan fingerprint density at radius 3 is 2.51 bits per heavy atom. The first kappa shape index (κ1) is 22.2. The van der Waals surface area contributed by atoms with Crippen LogP contribution in [0.1, 0.15) is 17.3 Å². The molecule has 7 nitrogen and oxygen atoms in total. The lowest BCUT2D eigenvalue weighted by Gasteiger charge is -2.15. The number of anilines is 1. The van der Waals surface area contributed by atoms with Gasteiger partial charge in [-0.1, -0.05) is 42.5 Å². The molecule has 0 saturated carbocycles. The van der Waals surface area contributed by atoms with Gasteiger partial charge in [-0.15, -0.1) is 0 Å². The van der Waals surface area contributed by atoms with Crippen LogP contribution in [-0.2, 0) is 9.53 Å². The Morgan fingerprint density at radius 1 is 0.943 bits per heavy atom. The molecular weight excluding hydrogens is 444 g/mol. The van der Waals surface area contributed by atoms with Gasteiger partial charge in [-0.2, -0.15) is 0 Å². The molecule has 0 aliphatic carbocycles. The van der Waals surface area contributed by atoms with E-state index in [0.717, 1.165) is 10.9 Å². The van der Waals surface area contributed by atoms with Crippen molar-refractivity contribution >= 4 is 39.4 Å². The van der Waals surface area contributed by atoms with Gasteiger partial charge in [0.25, 0.3) is 5.91 Å². The summed E-state index contributed by atoms with van der Waals surface area (Å²) in [5.41, 5.74) is 2.91. The van der Waals surface area contributed by atoms with Gasteiger partial charge in [0.2, 0.25) is 5.89 Å². The van der Waals surface area contributed by atoms with Crippen molar-refractivity contribution in [2.24, 2.45) is 0 Å². The Balaban J connectivity index is 1.44. The van der Waals surface area contributed by atoms with E-state index in [4.69, 9.17) is 13.9 Å². The number of hydrogen-bond donors (Lipinski definition) is 1. The Morgan fingerprint density at radius 2 is 1.71 bits per heavy atom. The van der Waals surface area contributed by atoms with Gasteiger partial charge in [-0.3, -0.25) is 4.79 Å². The lowest BCUT2D eigenvalue weighted by molar-refractivity contribution is -0.123. The molecule has 0 aliphatic heterocycles. The topological polar surface area (TPSA) is 90.7 Å². The van der Waals surface area contributed by atoms with E-state index in [-0.39, 0.29) is 0 Å². The summed E-state index contributed by atoms with van der Waals surface area (Å²) in [5.74, 6) is -0.0609. The van der Waals surface area contributed by atoms with Gasteiger partial charge in [0, 0.05) is 22.7 Å². The van der Waals surface area contributed by atoms with Crippen molar-refractivity contribution in [1.82, 2.24) is 4.98 Å². The van der Waals surface area contributed by atoms with E-state index in [1.807, 2.05) is 48.5 Å². The number of esters is 1. The Bertz CT molecular complexity index is 1520. The van der Waals surface area contributed by atoms with Crippen molar-refractivity contribution in [3.63, 3.8) is 0 Å². The fraction of sp³-hybridized carbons (Fsp3) is 0.107. The highest BCUT2D eigenvalue weighted by Gasteiger charge is 2.23. The van der Waals surface area contributed by atoms with Crippen LogP contribution in [0.3, 0.4) is 0 Å². The molecule has 1 N–H and O–H groups in total. The monoisotopic (exact) mass is 466 g/mol. The zero-order valence-corrected chi connectivity index (χ0v) is 19.1. The molecule has 1 aromatic heterocycles. The summed E-state index contributed by atoms with van der Waals surface area (Å²) in [7, 11) is 1.55. The number of oxazole rings is 1. The van der Waals surface area contributed by atoms with Crippen LogP contribution in [0.25, 0.3) is 33.3 Å². The third-order valence-electron chi connectivity index (χ3n) is 5.64. The molecule has 7 heteroatoms. The van der Waals surface area contributed by atoms with E-state index >= 15 is 0 Å². The third kappa shape index (κ3) is 4.44. The Hall–Kier alpha value is -4.65. The van der Waals surface area contributed by atoms with Gasteiger partial charge in [-0.25, -0.2) is 9.78 Å². The van der Waals surface area contributed by atoms with Gasteiger partial charge in [0.15, 0.2) is 11.7 Å². The number of methoxy groups -OCH3 is 1. The predicted octanol–water partition coefficient (Wildman–Crippen LogP) is 5.84. The maximum absolute atomic E-state index is 13.2. The number of benzene rings is 4. The third-order valence-corrected chi connectivity index (χ3v) is 5.64. The standard InChI is InChI=1S/C28H22N2O5/c1-17(26(31)29-19-10-7-11-20(16-19)33-2)34-28(32)22-13-6-9-18-8-5-12-21(25(18)22)27-30-23-14-3-4-15-24(23)35-27/h3-17H,1-2H3,(H,29,31). The van der Waals surface area contributed by atoms with Crippen molar-refractivity contribution in [3.8, 4) is 17.2 Å². The lowest BCUT2D eigenvalue weighted by atomic mass is 9.99. The van der Waals surface area contributed by atoms with Crippen LogP contribution in [0.5, 0.6) is 5.75 Å². The Kier molecular flexibility index (Phi) is 5.89. The minimum Gasteiger partial charge on any atom is -0.497 e. The first-order chi connectivity index (χ1) is 17.0. The number of amides is 1. The van der Waals surface area contributed by atoms with Crippen molar-refractivity contribution in [1.29, 1.82) is 0 Å². The van der Waals surface area contributed by atoms with E-state index in [0.29, 0.717) is 39.4 Å². The molecule has 5 aromatic rings. The lowest BCUT2D eigenvalue weighted by Crippen LogP contribution is -2.30. The molecule has 0 aliphatic rings. The van der Waals surface area contributed by atoms with Crippen LogP contribution in [0.15, 0.2) is 89.3 Å². The van der Waals surface area contributed by atoms with Crippen LogP contribution in [0.4, 0.5) is 5.69 Å². The molecule has 1 amide bonds. The summed E-state index contributed by atoms with van der Waals surface area (Å²) in [4.78, 5) is 30.5. The summed E-state index contributed by atoms with van der Waals surface area (Å²) in [5, 5.41) is 4.21. The summed E-state index contributed by atoms with van der Waals surface area (Å²) in [6.45, 7) is 1.53. The molecule has 35 heavy (non-hydrogen) atoms. The number of ether oxygens (including phenoxy) is 2. The summed E-state index contributed by atoms with van der Waals surface area (Å²) in [6.07, 6.45) is -1.03. The molecule has 4 aromatic carbocycles. The largest absolute Gasteiger partial charge is 0.497 e. The summed E-state index contributed by atoms with van der Waals surface area (Å²) in [6, 6.07) is 25.4. The fourth-order valence-corrected chi connectivity index (χ4v) is 3.90. The van der Waals surface area contributed by atoms with Gasteiger partial charge in [0.1, 0.15) is 11.3 Å². The van der Waals surface area contributed by atoms with E-state index < -0.39 is 18.0 Å². The predicted molar refractivity (Wildman–Crippen MR) is 133 cm³/mol. The van der Waals surface area contributed by atoms with Crippen molar-refractivity contribution in [2.45, 2.75) is 13.0 Å². The average molecular weight is 466 g/mol. The molecule has 0 fully saturated rings. The molecule has 0 spiro atoms. The second kappa shape index (κ2) is 9.30. The second-order valence-electron chi connectivity index (χ2n) is 7.96. The minimum absolute atomic E-state index is 0.321. The number of para-hydroxylation sites is 2. The van der Waals surface area contributed by atoms with Gasteiger partial charge < -0.3 is 19.2 Å². The fourth-order valence-electron chi connectivity index (χ4n) is 3.90. The van der Waals surface area contributed by atoms with Crippen LogP contribution in [0, 0.1) is 0 Å². The first-order valence-electron chi connectivity index (χ1n) is 11.1. The number of fused-ring (bicyclic) bond motifs is 2. The maximum atomic E-state index is 13.2. The zero-order chi connectivity index (χ0) is 24.4. The molecule has 1 atom stereocenters. The highest BCUT2D eigenvalue weighted by molar-refractivity contribution is 6.10. The Labute approximate surface area is 201 Å². The summed E-state index contributed by atoms with van der Waals surface area (Å²) < 4.78 is 16.7. The number of carbonyl (C=O) groups excluding carboxylic acids is 2. The molecule has 0 saturated heterocycles. The second-order valence-corrected chi connectivity index (χ2v) is 7.96. The van der Waals surface area contributed by atoms with E-state index in [1.165, 1.54) is 6.92 Å². The number of nitrogens with zero attached hydrogens (tertiary/aromatic N) is 1. The molecular formula is C28H22N2O5. The molecule has 174 valence electrons. The number of aromatic nitrogens is 1. The molecule has 0 bridgehead atoms. The van der Waals surface area contributed by atoms with E-state index in [1.54, 1.807) is 43.5 Å². The average Bonchev–Trinajstić information content (AvgIpc) is 3.32. The van der Waals surface area contributed by atoms with Gasteiger partial charge in [0.05, 0.1) is 12.7 Å². The number of rotatable bonds is 6. The molecule has 5 rings (SSSR count). The highest BCUT2D eigenvalue weighted by Crippen LogP contribution is 2.33. The van der Waals surface area contributed by atoms with Crippen molar-refractivity contribution in [3.05, 3.63) is 90.5 Å². The SMILES string of the molecule is COc1cccc(NC(=O)C(C)OC(=O)c2cccc3cccc(-c4nc5ccccc5o4)c23)c1. The van der Waals surface area contributed by atoms with Crippen molar-refractivity contribution in [2.75, 3.05) is 12.4 Å². The number of nitrogens with one attached hydrogen (secondary N) is 1. The van der Waals surface area contributed by atoms with Crippen LogP contribution in [-0.4, -0.2) is 30.1 Å². The molecule has 0 radical (unpaired) electrons. The van der Waals surface area contributed by atoms with Crippen LogP contribution < -0.4 is 10.1 Å². The van der Waals surface area contributed by atoms with Crippen molar-refractivity contribution < 1.29 is 23.5 Å². The van der Waals surface area contributed by atoms with Crippen LogP contribution >= 0.6 is 0 Å². The van der Waals surface area contributed by atoms with E-state index in [2.05, 4.69) is 10.3 Å². The number of carbonyl (C=O) groups is 2. The van der Waals surface area contributed by atoms with Gasteiger partial charge in [-0.05, 0) is 48.7 Å². The maximum Gasteiger partial charge on any atom is 0.339 e. The number of hydrogen-bond acceptors (Lipinski definition) is 6. The zero-order valence-electron chi connectivity index (χ0n) is 19.1. The quantitative estimate of drug-likeness (QED) is 0.316. The smallest absolute Gasteiger partial charge is 0.339 e. The minimum atomic E-state index is -1.03. The normalized spacial score (nSPS) is 11.8. The van der Waals surface area contributed by atoms with Gasteiger partial charge >= 0.3 is 5.97 Å². The summed E-state index contributed by atoms with van der Waals surface area (Å²) >= 11 is 0. The molecule has 1 heterocycles. The highest BCUT2D eigenvalue weighted by atomic mass is 16.5. The van der Waals surface area contributed by atoms with E-state index in [9.17, 15) is 9.59 Å². The molecule has 1 unspecified atom stereocenters. The first-order valence-corrected chi connectivity index (χ1v) is 11.1. The van der Waals surface area contributed by atoms with Crippen LogP contribution in [0.2, 0.25) is 0 Å².